The lowest BCUT2D eigenvalue weighted by Gasteiger charge is -2.28. The van der Waals surface area contributed by atoms with E-state index in [1.807, 2.05) is 0 Å². The van der Waals surface area contributed by atoms with Crippen molar-refractivity contribution in [3.05, 3.63) is 0 Å². The molecule has 0 bridgehead atoms. The molecule has 0 saturated heterocycles. The van der Waals surface area contributed by atoms with Crippen LogP contribution in [0.15, 0.2) is 0 Å². The predicted octanol–water partition coefficient (Wildman–Crippen LogP) is 3.61. The highest BCUT2D eigenvalue weighted by atomic mass is 14.2. The Hall–Kier alpha value is 0. The third kappa shape index (κ3) is 2.00. The minimum atomic E-state index is 1.02. The van der Waals surface area contributed by atoms with Crippen molar-refractivity contribution in [1.29, 1.82) is 0 Å². The fourth-order valence-corrected chi connectivity index (χ4v) is 2.19. The van der Waals surface area contributed by atoms with Gasteiger partial charge in [-0.3, -0.25) is 0 Å². The zero-order valence-electron chi connectivity index (χ0n) is 7.40. The number of rotatable bonds is 2. The fraction of sp³-hybridized carbons (Fsp3) is 1.00. The summed E-state index contributed by atoms with van der Waals surface area (Å²) in [5.41, 5.74) is 0. The van der Waals surface area contributed by atoms with Gasteiger partial charge in [0.2, 0.25) is 0 Å². The lowest BCUT2D eigenvalue weighted by atomic mass is 9.78. The lowest BCUT2D eigenvalue weighted by Crippen LogP contribution is -2.15. The van der Waals surface area contributed by atoms with E-state index in [4.69, 9.17) is 0 Å². The van der Waals surface area contributed by atoms with E-state index < -0.39 is 0 Å². The molecule has 0 amide bonds. The molecule has 60 valence electrons. The molecular formula is C10H20. The average Bonchev–Trinajstić information content (AvgIpc) is 1.94. The van der Waals surface area contributed by atoms with E-state index in [0.29, 0.717) is 0 Å². The zero-order chi connectivity index (χ0) is 7.40. The van der Waals surface area contributed by atoms with Crippen molar-refractivity contribution < 1.29 is 0 Å². The fourth-order valence-electron chi connectivity index (χ4n) is 2.19. The molecule has 0 radical (unpaired) electrons. The Labute approximate surface area is 65.0 Å². The molecule has 0 heterocycles. The summed E-state index contributed by atoms with van der Waals surface area (Å²) in [5, 5.41) is 0. The van der Waals surface area contributed by atoms with Gasteiger partial charge in [-0.25, -0.2) is 0 Å². The normalized spacial score (nSPS) is 34.2. The molecule has 1 fully saturated rings. The SMILES string of the molecule is CCC[C@H]1CCCCC1C. The van der Waals surface area contributed by atoms with Crippen molar-refractivity contribution in [2.75, 3.05) is 0 Å². The highest BCUT2D eigenvalue weighted by Crippen LogP contribution is 2.32. The van der Waals surface area contributed by atoms with Gasteiger partial charge in [-0.05, 0) is 11.8 Å². The second-order valence-corrected chi connectivity index (χ2v) is 3.81. The van der Waals surface area contributed by atoms with E-state index in [9.17, 15) is 0 Å². The molecule has 1 rings (SSSR count). The monoisotopic (exact) mass is 140 g/mol. The molecule has 0 aliphatic heterocycles. The Morgan fingerprint density at radius 2 is 1.90 bits per heavy atom. The van der Waals surface area contributed by atoms with Crippen LogP contribution in [0, 0.1) is 11.8 Å². The van der Waals surface area contributed by atoms with Crippen LogP contribution in [-0.2, 0) is 0 Å². The molecule has 0 spiro atoms. The maximum Gasteiger partial charge on any atom is -0.0389 e. The van der Waals surface area contributed by atoms with Crippen molar-refractivity contribution >= 4 is 0 Å². The summed E-state index contributed by atoms with van der Waals surface area (Å²) >= 11 is 0. The molecule has 2 atom stereocenters. The quantitative estimate of drug-likeness (QED) is 0.549. The minimum Gasteiger partial charge on any atom is -0.0654 e. The van der Waals surface area contributed by atoms with E-state index >= 15 is 0 Å². The van der Waals surface area contributed by atoms with Gasteiger partial charge in [0.25, 0.3) is 0 Å². The van der Waals surface area contributed by atoms with E-state index in [2.05, 4.69) is 13.8 Å². The second kappa shape index (κ2) is 4.00. The van der Waals surface area contributed by atoms with Crippen LogP contribution in [0.4, 0.5) is 0 Å². The summed E-state index contributed by atoms with van der Waals surface area (Å²) in [7, 11) is 0. The van der Waals surface area contributed by atoms with Gasteiger partial charge in [-0.2, -0.15) is 0 Å². The molecule has 0 nitrogen and oxygen atoms in total. The summed E-state index contributed by atoms with van der Waals surface area (Å²) in [4.78, 5) is 0. The Kier molecular flexibility index (Phi) is 3.24. The molecule has 1 unspecified atom stereocenters. The van der Waals surface area contributed by atoms with Gasteiger partial charge in [-0.15, -0.1) is 0 Å². The Morgan fingerprint density at radius 1 is 1.20 bits per heavy atom. The summed E-state index contributed by atoms with van der Waals surface area (Å²) in [6, 6.07) is 0. The van der Waals surface area contributed by atoms with Crippen LogP contribution in [0.1, 0.15) is 52.4 Å². The molecule has 0 aromatic heterocycles. The Morgan fingerprint density at radius 3 is 2.50 bits per heavy atom. The van der Waals surface area contributed by atoms with Gasteiger partial charge in [0.15, 0.2) is 0 Å². The average molecular weight is 140 g/mol. The first-order valence-corrected chi connectivity index (χ1v) is 4.84. The maximum absolute atomic E-state index is 2.43. The molecule has 0 heteroatoms. The molecule has 10 heavy (non-hydrogen) atoms. The molecule has 1 aliphatic rings. The van der Waals surface area contributed by atoms with Crippen molar-refractivity contribution in [3.63, 3.8) is 0 Å². The van der Waals surface area contributed by atoms with E-state index in [1.165, 1.54) is 38.5 Å². The third-order valence-corrected chi connectivity index (χ3v) is 2.95. The van der Waals surface area contributed by atoms with Crippen LogP contribution in [0.3, 0.4) is 0 Å². The van der Waals surface area contributed by atoms with E-state index in [-0.39, 0.29) is 0 Å². The van der Waals surface area contributed by atoms with Crippen LogP contribution in [-0.4, -0.2) is 0 Å². The first-order valence-electron chi connectivity index (χ1n) is 4.84. The van der Waals surface area contributed by atoms with Crippen LogP contribution in [0.2, 0.25) is 0 Å². The molecule has 0 aromatic rings. The van der Waals surface area contributed by atoms with Crippen molar-refractivity contribution in [1.82, 2.24) is 0 Å². The van der Waals surface area contributed by atoms with Crippen molar-refractivity contribution in [2.45, 2.75) is 52.4 Å². The Bertz CT molecular complexity index is 84.0. The number of hydrogen-bond donors (Lipinski definition) is 0. The molecule has 1 aliphatic carbocycles. The summed E-state index contributed by atoms with van der Waals surface area (Å²) in [6.45, 7) is 4.74. The summed E-state index contributed by atoms with van der Waals surface area (Å²) < 4.78 is 0. The topological polar surface area (TPSA) is 0 Å². The smallest absolute Gasteiger partial charge is 0.0389 e. The van der Waals surface area contributed by atoms with Gasteiger partial charge < -0.3 is 0 Å². The van der Waals surface area contributed by atoms with E-state index in [0.717, 1.165) is 11.8 Å². The standard InChI is InChI=1S/C10H20/c1-3-6-10-8-5-4-7-9(10)2/h9-10H,3-8H2,1-2H3/t9?,10-/m0/s1. The molecule has 1 saturated carbocycles. The van der Waals surface area contributed by atoms with Crippen LogP contribution in [0.5, 0.6) is 0 Å². The highest BCUT2D eigenvalue weighted by Gasteiger charge is 2.19. The highest BCUT2D eigenvalue weighted by molar-refractivity contribution is 4.71. The van der Waals surface area contributed by atoms with Gasteiger partial charge in [0.05, 0.1) is 0 Å². The summed E-state index contributed by atoms with van der Waals surface area (Å²) in [5.74, 6) is 2.09. The van der Waals surface area contributed by atoms with Crippen molar-refractivity contribution in [3.8, 4) is 0 Å². The lowest BCUT2D eigenvalue weighted by molar-refractivity contribution is 0.240. The molecule has 0 N–H and O–H groups in total. The van der Waals surface area contributed by atoms with E-state index in [1.54, 1.807) is 0 Å². The van der Waals surface area contributed by atoms with Crippen LogP contribution >= 0.6 is 0 Å². The predicted molar refractivity (Wildman–Crippen MR) is 46.0 cm³/mol. The largest absolute Gasteiger partial charge is 0.0654 e. The van der Waals surface area contributed by atoms with Crippen LogP contribution < -0.4 is 0 Å². The number of hydrogen-bond acceptors (Lipinski definition) is 0. The van der Waals surface area contributed by atoms with Crippen molar-refractivity contribution in [2.24, 2.45) is 11.8 Å². The summed E-state index contributed by atoms with van der Waals surface area (Å²) in [6.07, 6.45) is 8.84. The maximum atomic E-state index is 2.43. The first-order chi connectivity index (χ1) is 4.84. The van der Waals surface area contributed by atoms with Gasteiger partial charge in [0, 0.05) is 0 Å². The van der Waals surface area contributed by atoms with Crippen LogP contribution in [0.25, 0.3) is 0 Å². The second-order valence-electron chi connectivity index (χ2n) is 3.81. The molecule has 0 aromatic carbocycles. The van der Waals surface area contributed by atoms with Gasteiger partial charge >= 0.3 is 0 Å². The Balaban J connectivity index is 2.25. The zero-order valence-corrected chi connectivity index (χ0v) is 7.40. The van der Waals surface area contributed by atoms with Gasteiger partial charge in [-0.1, -0.05) is 52.4 Å². The third-order valence-electron chi connectivity index (χ3n) is 2.95. The molecular weight excluding hydrogens is 120 g/mol. The minimum absolute atomic E-state index is 1.02. The van der Waals surface area contributed by atoms with Gasteiger partial charge in [0.1, 0.15) is 0 Å². The first kappa shape index (κ1) is 8.10.